The van der Waals surface area contributed by atoms with Gasteiger partial charge in [0.05, 0.1) is 11.6 Å². The van der Waals surface area contributed by atoms with Gasteiger partial charge in [-0.15, -0.1) is 0 Å². The normalized spacial score (nSPS) is 17.5. The Morgan fingerprint density at radius 3 is 2.19 bits per heavy atom. The van der Waals surface area contributed by atoms with E-state index in [1.54, 1.807) is 23.1 Å². The van der Waals surface area contributed by atoms with Crippen LogP contribution in [0.15, 0.2) is 96.6 Å². The number of anilines is 1. The molecule has 3 aromatic rings. The van der Waals surface area contributed by atoms with E-state index >= 15 is 0 Å². The Bertz CT molecular complexity index is 1090. The second kappa shape index (κ2) is 8.42. The second-order valence-electron chi connectivity index (χ2n) is 7.79. The van der Waals surface area contributed by atoms with E-state index < -0.39 is 17.8 Å². The van der Waals surface area contributed by atoms with Crippen molar-refractivity contribution in [3.63, 3.8) is 0 Å². The zero-order valence-corrected chi connectivity index (χ0v) is 17.0. The van der Waals surface area contributed by atoms with Crippen LogP contribution in [0.3, 0.4) is 0 Å². The third kappa shape index (κ3) is 4.41. The number of rotatable bonds is 5. The van der Waals surface area contributed by atoms with Crippen LogP contribution in [0, 0.1) is 0 Å². The lowest BCUT2D eigenvalue weighted by molar-refractivity contribution is -0.137. The van der Waals surface area contributed by atoms with Crippen molar-refractivity contribution in [1.82, 2.24) is 0 Å². The fraction of sp³-hybridized carbons (Fsp3) is 0.192. The first-order chi connectivity index (χ1) is 14.8. The monoisotopic (exact) mass is 421 g/mol. The molecular formula is C26H22F3NO. The van der Waals surface area contributed by atoms with Crippen molar-refractivity contribution in [2.24, 2.45) is 0 Å². The van der Waals surface area contributed by atoms with Gasteiger partial charge in [0.2, 0.25) is 0 Å². The molecule has 1 aliphatic heterocycles. The van der Waals surface area contributed by atoms with E-state index in [9.17, 15) is 18.0 Å². The Kier molecular flexibility index (Phi) is 5.68. The predicted molar refractivity (Wildman–Crippen MR) is 116 cm³/mol. The average molecular weight is 421 g/mol. The zero-order chi connectivity index (χ0) is 22.0. The molecule has 0 saturated carbocycles. The van der Waals surface area contributed by atoms with E-state index in [1.165, 1.54) is 6.07 Å². The molecule has 2 nitrogen and oxygen atoms in total. The summed E-state index contributed by atoms with van der Waals surface area (Å²) in [6.07, 6.45) is -2.11. The van der Waals surface area contributed by atoms with E-state index in [-0.39, 0.29) is 11.8 Å². The molecule has 1 amide bonds. The minimum atomic E-state index is -4.44. The number of alkyl halides is 3. The van der Waals surface area contributed by atoms with Gasteiger partial charge in [-0.05, 0) is 53.8 Å². The van der Waals surface area contributed by atoms with Crippen LogP contribution in [-0.4, -0.2) is 5.91 Å². The lowest BCUT2D eigenvalue weighted by Gasteiger charge is -2.26. The van der Waals surface area contributed by atoms with Gasteiger partial charge in [-0.1, -0.05) is 67.6 Å². The van der Waals surface area contributed by atoms with E-state index in [1.807, 2.05) is 61.5 Å². The number of benzene rings is 3. The summed E-state index contributed by atoms with van der Waals surface area (Å²) in [5.41, 5.74) is 2.11. The third-order valence-electron chi connectivity index (χ3n) is 5.62. The summed E-state index contributed by atoms with van der Waals surface area (Å²) in [6, 6.07) is 23.6. The highest BCUT2D eigenvalue weighted by atomic mass is 19.4. The summed E-state index contributed by atoms with van der Waals surface area (Å²) in [6.45, 7) is 2.05. The molecule has 1 aliphatic rings. The largest absolute Gasteiger partial charge is 0.416 e. The van der Waals surface area contributed by atoms with Crippen LogP contribution in [0.1, 0.15) is 42.0 Å². The van der Waals surface area contributed by atoms with Crippen molar-refractivity contribution >= 4 is 11.6 Å². The van der Waals surface area contributed by atoms with Gasteiger partial charge in [-0.2, -0.15) is 13.2 Å². The first-order valence-corrected chi connectivity index (χ1v) is 10.2. The molecule has 0 fully saturated rings. The fourth-order valence-electron chi connectivity index (χ4n) is 4.01. The molecule has 4 rings (SSSR count). The second-order valence-corrected chi connectivity index (χ2v) is 7.79. The number of halogens is 3. The minimum Gasteiger partial charge on any atom is -0.298 e. The molecule has 3 aromatic carbocycles. The Balaban J connectivity index is 1.72. The SMILES string of the molecule is C[C@@H](CC1=C[C@@H](c2cccc(C(F)(F)F)c2)N(c2ccccc2)C1=O)c1ccccc1. The Morgan fingerprint density at radius 2 is 1.55 bits per heavy atom. The molecule has 0 spiro atoms. The highest BCUT2D eigenvalue weighted by Crippen LogP contribution is 2.40. The summed E-state index contributed by atoms with van der Waals surface area (Å²) in [4.78, 5) is 15.0. The van der Waals surface area contributed by atoms with E-state index in [4.69, 9.17) is 0 Å². The molecule has 0 aromatic heterocycles. The predicted octanol–water partition coefficient (Wildman–Crippen LogP) is 6.91. The molecule has 5 heteroatoms. The molecule has 1 heterocycles. The highest BCUT2D eigenvalue weighted by molar-refractivity contribution is 6.09. The number of carbonyl (C=O) groups is 1. The van der Waals surface area contributed by atoms with Gasteiger partial charge in [0.1, 0.15) is 0 Å². The maximum atomic E-state index is 13.4. The Morgan fingerprint density at radius 1 is 0.903 bits per heavy atom. The molecule has 0 N–H and O–H groups in total. The van der Waals surface area contributed by atoms with Crippen LogP contribution in [-0.2, 0) is 11.0 Å². The van der Waals surface area contributed by atoms with Gasteiger partial charge in [0.15, 0.2) is 0 Å². The number of hydrogen-bond acceptors (Lipinski definition) is 1. The van der Waals surface area contributed by atoms with Gasteiger partial charge in [0.25, 0.3) is 5.91 Å². The summed E-state index contributed by atoms with van der Waals surface area (Å²) >= 11 is 0. The number of amides is 1. The minimum absolute atomic E-state index is 0.106. The molecule has 0 saturated heterocycles. The summed E-state index contributed by atoms with van der Waals surface area (Å²) in [7, 11) is 0. The fourth-order valence-corrected chi connectivity index (χ4v) is 4.01. The molecular weight excluding hydrogens is 399 g/mol. The quantitative estimate of drug-likeness (QED) is 0.438. The molecule has 0 bridgehead atoms. The van der Waals surface area contributed by atoms with Crippen molar-refractivity contribution < 1.29 is 18.0 Å². The van der Waals surface area contributed by atoms with Crippen molar-refractivity contribution in [3.05, 3.63) is 113 Å². The Hall–Kier alpha value is -3.34. The molecule has 158 valence electrons. The third-order valence-corrected chi connectivity index (χ3v) is 5.62. The average Bonchev–Trinajstić information content (AvgIpc) is 3.10. The number of nitrogens with zero attached hydrogens (tertiary/aromatic N) is 1. The number of para-hydroxylation sites is 1. The molecule has 0 aliphatic carbocycles. The zero-order valence-electron chi connectivity index (χ0n) is 17.0. The van der Waals surface area contributed by atoms with E-state index in [2.05, 4.69) is 0 Å². The van der Waals surface area contributed by atoms with Gasteiger partial charge in [0, 0.05) is 11.3 Å². The standard InChI is InChI=1S/C26H22F3NO/c1-18(19-9-4-2-5-10-19)15-21-17-24(20-11-8-12-22(16-20)26(27,28)29)30(25(21)31)23-13-6-3-7-14-23/h2-14,16-18,24H,15H2,1H3/t18-,24-/m0/s1. The molecule has 0 unspecified atom stereocenters. The smallest absolute Gasteiger partial charge is 0.298 e. The van der Waals surface area contributed by atoms with Gasteiger partial charge in [-0.25, -0.2) is 0 Å². The van der Waals surface area contributed by atoms with Crippen LogP contribution in [0.25, 0.3) is 0 Å². The first-order valence-electron chi connectivity index (χ1n) is 10.2. The van der Waals surface area contributed by atoms with Crippen molar-refractivity contribution in [3.8, 4) is 0 Å². The van der Waals surface area contributed by atoms with Gasteiger partial charge >= 0.3 is 6.18 Å². The maximum absolute atomic E-state index is 13.4. The highest BCUT2D eigenvalue weighted by Gasteiger charge is 2.37. The van der Waals surface area contributed by atoms with Crippen molar-refractivity contribution in [2.75, 3.05) is 4.90 Å². The van der Waals surface area contributed by atoms with Crippen LogP contribution < -0.4 is 4.90 Å². The topological polar surface area (TPSA) is 20.3 Å². The van der Waals surface area contributed by atoms with Crippen LogP contribution in [0.2, 0.25) is 0 Å². The van der Waals surface area contributed by atoms with Crippen LogP contribution in [0.4, 0.5) is 18.9 Å². The van der Waals surface area contributed by atoms with Crippen molar-refractivity contribution in [1.29, 1.82) is 0 Å². The summed E-state index contributed by atoms with van der Waals surface area (Å²) in [5.74, 6) is -0.0642. The maximum Gasteiger partial charge on any atom is 0.416 e. The first kappa shape index (κ1) is 20.9. The molecule has 0 radical (unpaired) electrons. The van der Waals surface area contributed by atoms with Gasteiger partial charge in [-0.3, -0.25) is 9.69 Å². The molecule has 31 heavy (non-hydrogen) atoms. The molecule has 2 atom stereocenters. The number of carbonyl (C=O) groups excluding carboxylic acids is 1. The van der Waals surface area contributed by atoms with Crippen LogP contribution in [0.5, 0.6) is 0 Å². The lowest BCUT2D eigenvalue weighted by atomic mass is 9.93. The Labute approximate surface area is 179 Å². The van der Waals surface area contributed by atoms with Crippen molar-refractivity contribution in [2.45, 2.75) is 31.5 Å². The van der Waals surface area contributed by atoms with Crippen LogP contribution >= 0.6 is 0 Å². The van der Waals surface area contributed by atoms with Gasteiger partial charge < -0.3 is 0 Å². The lowest BCUT2D eigenvalue weighted by Crippen LogP contribution is -2.29. The summed E-state index contributed by atoms with van der Waals surface area (Å²) in [5, 5.41) is 0. The number of hydrogen-bond donors (Lipinski definition) is 0. The summed E-state index contributed by atoms with van der Waals surface area (Å²) < 4.78 is 39.9. The van der Waals surface area contributed by atoms with E-state index in [0.717, 1.165) is 17.7 Å². The van der Waals surface area contributed by atoms with E-state index in [0.29, 0.717) is 23.2 Å².